The molecule has 226 valence electrons. The highest BCUT2D eigenvalue weighted by molar-refractivity contribution is 5.77. The Morgan fingerprint density at radius 3 is 1.00 bits per heavy atom. The first-order valence-electron chi connectivity index (χ1n) is 17.2. The zero-order chi connectivity index (χ0) is 30.7. The van der Waals surface area contributed by atoms with E-state index in [1.807, 2.05) is 0 Å². The van der Waals surface area contributed by atoms with Gasteiger partial charge in [-0.05, 0) is 105 Å². The molecule has 0 saturated carbocycles. The van der Waals surface area contributed by atoms with E-state index in [0.717, 1.165) is 25.7 Å². The Balaban J connectivity index is 1.37. The van der Waals surface area contributed by atoms with Gasteiger partial charge in [0.25, 0.3) is 0 Å². The lowest BCUT2D eigenvalue weighted by molar-refractivity contribution is 0.795. The van der Waals surface area contributed by atoms with Gasteiger partial charge in [-0.25, -0.2) is 0 Å². The van der Waals surface area contributed by atoms with E-state index < -0.39 is 0 Å². The molecule has 0 heterocycles. The summed E-state index contributed by atoms with van der Waals surface area (Å²) in [6.45, 7) is 9.07. The van der Waals surface area contributed by atoms with Crippen LogP contribution < -0.4 is 0 Å². The second-order valence-corrected chi connectivity index (χ2v) is 12.4. The van der Waals surface area contributed by atoms with E-state index in [1.54, 1.807) is 0 Å². The van der Waals surface area contributed by atoms with E-state index in [4.69, 9.17) is 0 Å². The normalized spacial score (nSPS) is 11.2. The highest BCUT2D eigenvalue weighted by Gasteiger charge is 2.11. The summed E-state index contributed by atoms with van der Waals surface area (Å²) in [5.74, 6) is 0. The second kappa shape index (κ2) is 15.7. The third kappa shape index (κ3) is 7.78. The lowest BCUT2D eigenvalue weighted by Gasteiger charge is -2.14. The lowest BCUT2D eigenvalue weighted by atomic mass is 9.90. The van der Waals surface area contributed by atoms with Crippen molar-refractivity contribution in [1.29, 1.82) is 0 Å². The fourth-order valence-corrected chi connectivity index (χ4v) is 6.38. The van der Waals surface area contributed by atoms with Crippen LogP contribution in [0, 0.1) is 0 Å². The van der Waals surface area contributed by atoms with Gasteiger partial charge in [-0.15, -0.1) is 0 Å². The molecule has 0 aromatic heterocycles. The van der Waals surface area contributed by atoms with Crippen molar-refractivity contribution in [3.8, 4) is 44.5 Å². The molecular weight excluding hydrogens is 528 g/mol. The Morgan fingerprint density at radius 2 is 0.659 bits per heavy atom. The third-order valence-corrected chi connectivity index (χ3v) is 8.97. The van der Waals surface area contributed by atoms with Crippen LogP contribution >= 0.6 is 0 Å². The molecule has 0 N–H and O–H groups in total. The van der Waals surface area contributed by atoms with Crippen LogP contribution in [-0.4, -0.2) is 0 Å². The van der Waals surface area contributed by atoms with Crippen LogP contribution in [0.15, 0.2) is 109 Å². The highest BCUT2D eigenvalue weighted by Crippen LogP contribution is 2.34. The topological polar surface area (TPSA) is 0 Å². The average molecular weight is 579 g/mol. The Morgan fingerprint density at radius 1 is 0.318 bits per heavy atom. The summed E-state index contributed by atoms with van der Waals surface area (Å²) in [6, 6.07) is 41.8. The smallest absolute Gasteiger partial charge is 0.0151 e. The number of benzene rings is 5. The molecule has 0 saturated heterocycles. The van der Waals surface area contributed by atoms with E-state index in [9.17, 15) is 0 Å². The summed E-state index contributed by atoms with van der Waals surface area (Å²) in [5, 5.41) is 0. The van der Waals surface area contributed by atoms with E-state index in [-0.39, 0.29) is 0 Å². The average Bonchev–Trinajstić information content (AvgIpc) is 3.07. The van der Waals surface area contributed by atoms with Gasteiger partial charge in [-0.1, -0.05) is 163 Å². The summed E-state index contributed by atoms with van der Waals surface area (Å²) in [4.78, 5) is 0. The number of aryl methyl sites for hydroxylation is 4. The first-order valence-corrected chi connectivity index (χ1v) is 17.2. The molecule has 5 rings (SSSR count). The Labute approximate surface area is 267 Å². The van der Waals surface area contributed by atoms with Crippen molar-refractivity contribution in [2.24, 2.45) is 0 Å². The molecule has 0 bridgehead atoms. The standard InChI is InChI=1S/C44H50/c1-5-9-13-33-15-19-37(20-16-33)43-29-27-39(31-41(43)11-7-3)35-23-25-36(26-24-35)40-28-30-44(42(32-40)12-8-4)38-21-17-34(18-22-38)14-10-6-2/h15-32H,5-14H2,1-4H3. The van der Waals surface area contributed by atoms with Crippen molar-refractivity contribution in [1.82, 2.24) is 0 Å². The minimum atomic E-state index is 1.09. The van der Waals surface area contributed by atoms with Crippen molar-refractivity contribution in [2.75, 3.05) is 0 Å². The quantitative estimate of drug-likeness (QED) is 0.123. The van der Waals surface area contributed by atoms with Gasteiger partial charge in [0, 0.05) is 0 Å². The number of unbranched alkanes of at least 4 members (excludes halogenated alkanes) is 2. The molecule has 0 atom stereocenters. The minimum Gasteiger partial charge on any atom is -0.0654 e. The maximum absolute atomic E-state index is 2.42. The molecule has 0 unspecified atom stereocenters. The number of hydrogen-bond acceptors (Lipinski definition) is 0. The molecular formula is C44H50. The fourth-order valence-electron chi connectivity index (χ4n) is 6.38. The van der Waals surface area contributed by atoms with Crippen molar-refractivity contribution in [2.45, 2.75) is 91.9 Å². The SMILES string of the molecule is CCCCc1ccc(-c2ccc(-c3ccc(-c4ccc(-c5ccc(CCCC)cc5)c(CCC)c4)cc3)cc2CCC)cc1. The predicted octanol–water partition coefficient (Wildman–Crippen LogP) is 12.9. The van der Waals surface area contributed by atoms with Crippen molar-refractivity contribution < 1.29 is 0 Å². The monoisotopic (exact) mass is 578 g/mol. The first kappa shape index (κ1) is 31.5. The van der Waals surface area contributed by atoms with Gasteiger partial charge in [0.2, 0.25) is 0 Å². The third-order valence-electron chi connectivity index (χ3n) is 8.97. The van der Waals surface area contributed by atoms with Crippen molar-refractivity contribution in [3.63, 3.8) is 0 Å². The molecule has 0 fully saturated rings. The Bertz CT molecular complexity index is 1480. The molecule has 5 aromatic rings. The Kier molecular flexibility index (Phi) is 11.3. The largest absolute Gasteiger partial charge is 0.0654 e. The lowest BCUT2D eigenvalue weighted by Crippen LogP contribution is -1.93. The van der Waals surface area contributed by atoms with Crippen molar-refractivity contribution in [3.05, 3.63) is 131 Å². The van der Waals surface area contributed by atoms with Crippen LogP contribution in [0.4, 0.5) is 0 Å². The van der Waals surface area contributed by atoms with Gasteiger partial charge in [0.1, 0.15) is 0 Å². The molecule has 0 spiro atoms. The summed E-state index contributed by atoms with van der Waals surface area (Å²) >= 11 is 0. The van der Waals surface area contributed by atoms with Gasteiger partial charge in [-0.2, -0.15) is 0 Å². The van der Waals surface area contributed by atoms with Crippen LogP contribution in [0.3, 0.4) is 0 Å². The maximum atomic E-state index is 2.42. The molecule has 0 aliphatic heterocycles. The minimum absolute atomic E-state index is 1.09. The summed E-state index contributed by atoms with van der Waals surface area (Å²) in [5.41, 5.74) is 16.3. The van der Waals surface area contributed by atoms with Crippen LogP contribution in [0.1, 0.15) is 88.5 Å². The van der Waals surface area contributed by atoms with Gasteiger partial charge >= 0.3 is 0 Å². The van der Waals surface area contributed by atoms with Crippen molar-refractivity contribution >= 4 is 0 Å². The molecule has 0 nitrogen and oxygen atoms in total. The summed E-state index contributed by atoms with van der Waals surface area (Å²) in [6.07, 6.45) is 11.8. The van der Waals surface area contributed by atoms with Gasteiger partial charge in [0.15, 0.2) is 0 Å². The number of hydrogen-bond donors (Lipinski definition) is 0. The predicted molar refractivity (Wildman–Crippen MR) is 193 cm³/mol. The van der Waals surface area contributed by atoms with Crippen LogP contribution in [0.5, 0.6) is 0 Å². The van der Waals surface area contributed by atoms with E-state index in [2.05, 4.69) is 137 Å². The van der Waals surface area contributed by atoms with E-state index in [1.165, 1.54) is 105 Å². The first-order chi connectivity index (χ1) is 21.6. The summed E-state index contributed by atoms with van der Waals surface area (Å²) in [7, 11) is 0. The van der Waals surface area contributed by atoms with Crippen LogP contribution in [-0.2, 0) is 25.7 Å². The molecule has 5 aromatic carbocycles. The van der Waals surface area contributed by atoms with E-state index >= 15 is 0 Å². The fraction of sp³-hybridized carbons (Fsp3) is 0.318. The Hall–Kier alpha value is -3.90. The molecule has 0 heteroatoms. The molecule has 0 aliphatic rings. The van der Waals surface area contributed by atoms with Gasteiger partial charge < -0.3 is 0 Å². The molecule has 0 amide bonds. The van der Waals surface area contributed by atoms with Crippen LogP contribution in [0.25, 0.3) is 44.5 Å². The van der Waals surface area contributed by atoms with Gasteiger partial charge in [-0.3, -0.25) is 0 Å². The number of rotatable bonds is 14. The second-order valence-electron chi connectivity index (χ2n) is 12.4. The van der Waals surface area contributed by atoms with Gasteiger partial charge in [0.05, 0.1) is 0 Å². The summed E-state index contributed by atoms with van der Waals surface area (Å²) < 4.78 is 0. The zero-order valence-corrected chi connectivity index (χ0v) is 27.5. The molecule has 0 radical (unpaired) electrons. The van der Waals surface area contributed by atoms with E-state index in [0.29, 0.717) is 0 Å². The molecule has 0 aliphatic carbocycles. The van der Waals surface area contributed by atoms with Crippen LogP contribution in [0.2, 0.25) is 0 Å². The zero-order valence-electron chi connectivity index (χ0n) is 27.5. The highest BCUT2D eigenvalue weighted by atomic mass is 14.2. The molecule has 44 heavy (non-hydrogen) atoms. The maximum Gasteiger partial charge on any atom is -0.0151 e.